The lowest BCUT2D eigenvalue weighted by Crippen LogP contribution is -2.44. The molecule has 6 nitrogen and oxygen atoms in total. The van der Waals surface area contributed by atoms with Gasteiger partial charge in [-0.1, -0.05) is 37.3 Å². The van der Waals surface area contributed by atoms with E-state index in [1.165, 1.54) is 4.88 Å². The van der Waals surface area contributed by atoms with Crippen LogP contribution in [0.5, 0.6) is 0 Å². The van der Waals surface area contributed by atoms with Gasteiger partial charge in [0.15, 0.2) is 0 Å². The first kappa shape index (κ1) is 19.9. The summed E-state index contributed by atoms with van der Waals surface area (Å²) in [7, 11) is 0. The van der Waals surface area contributed by atoms with Crippen LogP contribution in [-0.4, -0.2) is 34.7 Å². The van der Waals surface area contributed by atoms with Gasteiger partial charge in [0, 0.05) is 36.5 Å². The lowest BCUT2D eigenvalue weighted by atomic mass is 10.0. The van der Waals surface area contributed by atoms with Crippen molar-refractivity contribution in [1.82, 2.24) is 15.6 Å². The van der Waals surface area contributed by atoms with Crippen molar-refractivity contribution >= 4 is 23.3 Å². The van der Waals surface area contributed by atoms with E-state index in [1.54, 1.807) is 11.3 Å². The quantitative estimate of drug-likeness (QED) is 0.595. The molecule has 3 N–H and O–H groups in total. The van der Waals surface area contributed by atoms with Gasteiger partial charge in [0.1, 0.15) is 0 Å². The Morgan fingerprint density at radius 2 is 2.04 bits per heavy atom. The van der Waals surface area contributed by atoms with Gasteiger partial charge in [0.25, 0.3) is 0 Å². The minimum Gasteiger partial charge on any atom is -0.481 e. The first-order valence-corrected chi connectivity index (χ1v) is 9.62. The molecule has 0 saturated carbocycles. The molecule has 0 spiro atoms. The number of carboxylic acids is 1. The monoisotopic (exact) mass is 375 g/mol. The Hall–Kier alpha value is -2.41. The van der Waals surface area contributed by atoms with Crippen LogP contribution in [0.4, 0.5) is 4.79 Å². The number of hydrogen-bond acceptors (Lipinski definition) is 4. The number of aliphatic carboxylic acids is 1. The molecule has 1 heterocycles. The van der Waals surface area contributed by atoms with Crippen molar-refractivity contribution in [3.05, 3.63) is 52.0 Å². The van der Waals surface area contributed by atoms with E-state index >= 15 is 0 Å². The minimum atomic E-state index is -0.860. The molecule has 1 aromatic carbocycles. The van der Waals surface area contributed by atoms with Crippen LogP contribution in [0.2, 0.25) is 0 Å². The van der Waals surface area contributed by atoms with Crippen molar-refractivity contribution in [2.45, 2.75) is 45.1 Å². The first-order valence-electron chi connectivity index (χ1n) is 8.80. The molecule has 1 unspecified atom stereocenters. The van der Waals surface area contributed by atoms with E-state index in [4.69, 9.17) is 5.11 Å². The van der Waals surface area contributed by atoms with Crippen LogP contribution in [0, 0.1) is 0 Å². The van der Waals surface area contributed by atoms with Crippen LogP contribution in [0.3, 0.4) is 0 Å². The highest BCUT2D eigenvalue weighted by Gasteiger charge is 2.14. The maximum Gasteiger partial charge on any atom is 0.315 e. The molecule has 26 heavy (non-hydrogen) atoms. The van der Waals surface area contributed by atoms with E-state index < -0.39 is 5.97 Å². The number of carboxylic acid groups (broad SMARTS) is 1. The van der Waals surface area contributed by atoms with E-state index in [1.807, 2.05) is 36.5 Å². The normalized spacial score (nSPS) is 11.7. The highest BCUT2D eigenvalue weighted by molar-refractivity contribution is 7.11. The van der Waals surface area contributed by atoms with E-state index in [9.17, 15) is 9.59 Å². The summed E-state index contributed by atoms with van der Waals surface area (Å²) >= 11 is 1.66. The van der Waals surface area contributed by atoms with Gasteiger partial charge < -0.3 is 15.7 Å². The molecule has 1 aromatic heterocycles. The maximum absolute atomic E-state index is 12.2. The second-order valence-electron chi connectivity index (χ2n) is 6.04. The highest BCUT2D eigenvalue weighted by Crippen LogP contribution is 2.13. The lowest BCUT2D eigenvalue weighted by molar-refractivity contribution is -0.137. The highest BCUT2D eigenvalue weighted by atomic mass is 32.1. The SMILES string of the molecule is CCc1cnc(CCNC(=O)NC(CCC(=O)O)Cc2ccccc2)s1. The molecule has 1 atom stereocenters. The van der Waals surface area contributed by atoms with Gasteiger partial charge in [-0.15, -0.1) is 11.3 Å². The molecule has 0 aliphatic rings. The number of benzene rings is 1. The van der Waals surface area contributed by atoms with Crippen LogP contribution in [0.25, 0.3) is 0 Å². The average molecular weight is 375 g/mol. The number of thiazole rings is 1. The van der Waals surface area contributed by atoms with Crippen molar-refractivity contribution in [2.75, 3.05) is 6.54 Å². The molecule has 2 amide bonds. The molecule has 0 fully saturated rings. The summed E-state index contributed by atoms with van der Waals surface area (Å²) in [6.45, 7) is 2.59. The van der Waals surface area contributed by atoms with Crippen LogP contribution in [0.1, 0.15) is 35.2 Å². The number of hydrogen-bond donors (Lipinski definition) is 3. The molecule has 0 radical (unpaired) electrons. The van der Waals surface area contributed by atoms with Crippen LogP contribution in [0.15, 0.2) is 36.5 Å². The van der Waals surface area contributed by atoms with E-state index in [2.05, 4.69) is 22.5 Å². The number of nitrogens with one attached hydrogen (secondary N) is 2. The zero-order chi connectivity index (χ0) is 18.8. The summed E-state index contributed by atoms with van der Waals surface area (Å²) in [5.74, 6) is -0.860. The predicted octanol–water partition coefficient (Wildman–Crippen LogP) is 3.02. The Labute approximate surface area is 157 Å². The van der Waals surface area contributed by atoms with Gasteiger partial charge in [0.05, 0.1) is 5.01 Å². The minimum absolute atomic E-state index is 0.0245. The predicted molar refractivity (Wildman–Crippen MR) is 103 cm³/mol. The van der Waals surface area contributed by atoms with Gasteiger partial charge in [-0.25, -0.2) is 9.78 Å². The zero-order valence-electron chi connectivity index (χ0n) is 14.9. The van der Waals surface area contributed by atoms with Crippen molar-refractivity contribution in [3.8, 4) is 0 Å². The topological polar surface area (TPSA) is 91.3 Å². The Morgan fingerprint density at radius 1 is 1.27 bits per heavy atom. The maximum atomic E-state index is 12.2. The number of aryl methyl sites for hydroxylation is 1. The Morgan fingerprint density at radius 3 is 2.69 bits per heavy atom. The molecule has 0 bridgehead atoms. The number of rotatable bonds is 10. The third kappa shape index (κ3) is 7.23. The molecular formula is C19H25N3O3S. The van der Waals surface area contributed by atoms with Crippen LogP contribution < -0.4 is 10.6 Å². The Bertz CT molecular complexity index is 703. The van der Waals surface area contributed by atoms with Crippen molar-refractivity contribution in [2.24, 2.45) is 0 Å². The summed E-state index contributed by atoms with van der Waals surface area (Å²) in [5, 5.41) is 15.7. The molecule has 0 saturated heterocycles. The molecule has 2 rings (SSSR count). The zero-order valence-corrected chi connectivity index (χ0v) is 15.7. The third-order valence-corrected chi connectivity index (χ3v) is 5.14. The molecular weight excluding hydrogens is 350 g/mol. The number of carbonyl (C=O) groups excluding carboxylic acids is 1. The molecule has 2 aromatic rings. The van der Waals surface area contributed by atoms with E-state index in [0.29, 0.717) is 25.8 Å². The van der Waals surface area contributed by atoms with Gasteiger partial charge in [0.2, 0.25) is 0 Å². The van der Waals surface area contributed by atoms with Crippen LogP contribution in [-0.2, 0) is 24.1 Å². The molecule has 140 valence electrons. The van der Waals surface area contributed by atoms with Crippen LogP contribution >= 0.6 is 11.3 Å². The van der Waals surface area contributed by atoms with E-state index in [0.717, 1.165) is 17.0 Å². The number of amides is 2. The standard InChI is InChI=1S/C19H25N3O3S/c1-2-16-13-21-17(26-16)10-11-20-19(25)22-15(8-9-18(23)24)12-14-6-4-3-5-7-14/h3-7,13,15H,2,8-12H2,1H3,(H,23,24)(H2,20,22,25). The average Bonchev–Trinajstić information content (AvgIpc) is 3.08. The molecule has 0 aliphatic carbocycles. The Kier molecular flexibility index (Phi) is 8.08. The van der Waals surface area contributed by atoms with Gasteiger partial charge in [-0.05, 0) is 24.8 Å². The van der Waals surface area contributed by atoms with E-state index in [-0.39, 0.29) is 18.5 Å². The third-order valence-electron chi connectivity index (χ3n) is 3.94. The smallest absolute Gasteiger partial charge is 0.315 e. The van der Waals surface area contributed by atoms with Gasteiger partial charge >= 0.3 is 12.0 Å². The number of aromatic nitrogens is 1. The van der Waals surface area contributed by atoms with Crippen molar-refractivity contribution < 1.29 is 14.7 Å². The summed E-state index contributed by atoms with van der Waals surface area (Å²) in [6.07, 6.45) is 4.56. The van der Waals surface area contributed by atoms with Gasteiger partial charge in [-0.3, -0.25) is 4.79 Å². The summed E-state index contributed by atoms with van der Waals surface area (Å²) in [5.41, 5.74) is 1.07. The lowest BCUT2D eigenvalue weighted by Gasteiger charge is -2.18. The fourth-order valence-corrected chi connectivity index (χ4v) is 3.43. The number of carbonyl (C=O) groups is 2. The summed E-state index contributed by atoms with van der Waals surface area (Å²) in [6, 6.07) is 9.24. The second-order valence-corrected chi connectivity index (χ2v) is 7.24. The first-order chi connectivity index (χ1) is 12.6. The van der Waals surface area contributed by atoms with Gasteiger partial charge in [-0.2, -0.15) is 0 Å². The van der Waals surface area contributed by atoms with Crippen molar-refractivity contribution in [1.29, 1.82) is 0 Å². The largest absolute Gasteiger partial charge is 0.481 e. The fourth-order valence-electron chi connectivity index (χ4n) is 2.57. The Balaban J connectivity index is 1.81. The van der Waals surface area contributed by atoms with Crippen molar-refractivity contribution in [3.63, 3.8) is 0 Å². The molecule has 7 heteroatoms. The number of urea groups is 1. The number of nitrogens with zero attached hydrogens (tertiary/aromatic N) is 1. The fraction of sp³-hybridized carbons (Fsp3) is 0.421. The second kappa shape index (κ2) is 10.6. The summed E-state index contributed by atoms with van der Waals surface area (Å²) in [4.78, 5) is 28.6. The molecule has 0 aliphatic heterocycles. The summed E-state index contributed by atoms with van der Waals surface area (Å²) < 4.78 is 0.